The predicted molar refractivity (Wildman–Crippen MR) is 53.1 cm³/mol. The van der Waals surface area contributed by atoms with Crippen molar-refractivity contribution in [2.24, 2.45) is 5.92 Å². The van der Waals surface area contributed by atoms with Crippen LogP contribution in [0.25, 0.3) is 0 Å². The number of carbonyl (C=O) groups is 1. The van der Waals surface area contributed by atoms with Crippen LogP contribution < -0.4 is 0 Å². The van der Waals surface area contributed by atoms with E-state index in [1.165, 1.54) is 16.9 Å². The summed E-state index contributed by atoms with van der Waals surface area (Å²) in [6.07, 6.45) is 4.50. The maximum absolute atomic E-state index is 11.9. The highest BCUT2D eigenvalue weighted by Crippen LogP contribution is 2.43. The molecule has 0 radical (unpaired) electrons. The Morgan fingerprint density at radius 1 is 1.38 bits per heavy atom. The Labute approximate surface area is 81.8 Å². The number of thiophene rings is 1. The van der Waals surface area contributed by atoms with E-state index in [0.29, 0.717) is 11.7 Å². The van der Waals surface area contributed by atoms with Gasteiger partial charge in [-0.3, -0.25) is 4.79 Å². The topological polar surface area (TPSA) is 17.1 Å². The van der Waals surface area contributed by atoms with Gasteiger partial charge < -0.3 is 0 Å². The van der Waals surface area contributed by atoms with Crippen LogP contribution in [-0.2, 0) is 11.2 Å². The minimum Gasteiger partial charge on any atom is -0.299 e. The number of ketones is 1. The molecule has 0 aliphatic heterocycles. The lowest BCUT2D eigenvalue weighted by Gasteiger charge is -2.32. The Balaban J connectivity index is 2.12. The molecule has 0 saturated heterocycles. The molecule has 2 unspecified atom stereocenters. The van der Waals surface area contributed by atoms with Crippen LogP contribution in [0.4, 0.5) is 0 Å². The third kappa shape index (κ3) is 1.01. The molecule has 2 aliphatic rings. The highest BCUT2D eigenvalue weighted by Gasteiger charge is 2.38. The fraction of sp³-hybridized carbons (Fsp3) is 0.545. The second-order valence-electron chi connectivity index (χ2n) is 4.09. The molecule has 1 aromatic heterocycles. The Hall–Kier alpha value is -0.630. The summed E-state index contributed by atoms with van der Waals surface area (Å²) in [6.45, 7) is 0. The number of hydrogen-bond acceptors (Lipinski definition) is 2. The first-order valence-corrected chi connectivity index (χ1v) is 5.84. The zero-order valence-electron chi connectivity index (χ0n) is 7.45. The minimum atomic E-state index is 0.272. The van der Waals surface area contributed by atoms with Crippen molar-refractivity contribution in [3.8, 4) is 0 Å². The van der Waals surface area contributed by atoms with Crippen LogP contribution in [0.2, 0.25) is 0 Å². The van der Waals surface area contributed by atoms with Crippen molar-refractivity contribution < 1.29 is 4.79 Å². The molecular formula is C11H12OS. The van der Waals surface area contributed by atoms with Gasteiger partial charge in [-0.1, -0.05) is 6.42 Å². The molecule has 0 amide bonds. The summed E-state index contributed by atoms with van der Waals surface area (Å²) in [6, 6.07) is 2.16. The van der Waals surface area contributed by atoms with Gasteiger partial charge in [-0.2, -0.15) is 0 Å². The minimum absolute atomic E-state index is 0.272. The van der Waals surface area contributed by atoms with Crippen molar-refractivity contribution in [2.45, 2.75) is 31.6 Å². The van der Waals surface area contributed by atoms with Gasteiger partial charge in [0.25, 0.3) is 0 Å². The van der Waals surface area contributed by atoms with Crippen molar-refractivity contribution >= 4 is 17.1 Å². The molecule has 1 nitrogen and oxygen atoms in total. The van der Waals surface area contributed by atoms with E-state index in [9.17, 15) is 4.79 Å². The standard InChI is InChI=1S/C11H12OS/c12-11-7-2-1-3-9(11)8-4-5-13-10(8)6-7/h4-5,7,9H,1-3,6H2. The van der Waals surface area contributed by atoms with Gasteiger partial charge >= 0.3 is 0 Å². The first kappa shape index (κ1) is 7.74. The number of Topliss-reactive ketones (excluding diaryl/α,β-unsaturated/α-hetero) is 1. The van der Waals surface area contributed by atoms with Gasteiger partial charge in [0.2, 0.25) is 0 Å². The summed E-state index contributed by atoms with van der Waals surface area (Å²) in [5.74, 6) is 1.16. The van der Waals surface area contributed by atoms with Crippen molar-refractivity contribution in [1.82, 2.24) is 0 Å². The summed E-state index contributed by atoms with van der Waals surface area (Å²) < 4.78 is 0. The molecule has 1 fully saturated rings. The Morgan fingerprint density at radius 2 is 2.31 bits per heavy atom. The first-order valence-electron chi connectivity index (χ1n) is 4.96. The van der Waals surface area contributed by atoms with Crippen LogP contribution in [0.5, 0.6) is 0 Å². The van der Waals surface area contributed by atoms with Crippen LogP contribution in [0.15, 0.2) is 11.4 Å². The van der Waals surface area contributed by atoms with Crippen molar-refractivity contribution in [2.75, 3.05) is 0 Å². The van der Waals surface area contributed by atoms with Gasteiger partial charge in [-0.25, -0.2) is 0 Å². The molecule has 3 rings (SSSR count). The number of rotatable bonds is 0. The molecule has 1 aromatic rings. The van der Waals surface area contributed by atoms with Gasteiger partial charge in [0, 0.05) is 16.7 Å². The average Bonchev–Trinajstić information content (AvgIpc) is 2.52. The van der Waals surface area contributed by atoms with Gasteiger partial charge in [-0.15, -0.1) is 11.3 Å². The summed E-state index contributed by atoms with van der Waals surface area (Å²) in [5.41, 5.74) is 1.35. The molecule has 1 heterocycles. The van der Waals surface area contributed by atoms with Gasteiger partial charge in [-0.05, 0) is 36.3 Å². The van der Waals surface area contributed by atoms with Crippen LogP contribution in [0.3, 0.4) is 0 Å². The average molecular weight is 192 g/mol. The van der Waals surface area contributed by atoms with Crippen LogP contribution in [0.1, 0.15) is 35.6 Å². The van der Waals surface area contributed by atoms with Crippen molar-refractivity contribution in [3.05, 3.63) is 21.9 Å². The predicted octanol–water partition coefficient (Wildman–Crippen LogP) is 2.76. The molecule has 1 saturated carbocycles. The lowest BCUT2D eigenvalue weighted by molar-refractivity contribution is -0.126. The van der Waals surface area contributed by atoms with Gasteiger partial charge in [0.1, 0.15) is 5.78 Å². The monoisotopic (exact) mass is 192 g/mol. The summed E-state index contributed by atoms with van der Waals surface area (Å²) in [7, 11) is 0. The number of carbonyl (C=O) groups excluding carboxylic acids is 1. The summed E-state index contributed by atoms with van der Waals surface area (Å²) in [4.78, 5) is 13.4. The van der Waals surface area contributed by atoms with Gasteiger partial charge in [0.15, 0.2) is 0 Å². The van der Waals surface area contributed by atoms with E-state index in [1.807, 2.05) is 11.3 Å². The Bertz CT molecular complexity index is 353. The molecule has 0 N–H and O–H groups in total. The maximum Gasteiger partial charge on any atom is 0.143 e. The summed E-state index contributed by atoms with van der Waals surface area (Å²) >= 11 is 1.83. The third-order valence-corrected chi connectivity index (χ3v) is 4.34. The maximum atomic E-state index is 11.9. The van der Waals surface area contributed by atoms with E-state index in [-0.39, 0.29) is 5.92 Å². The third-order valence-electron chi connectivity index (χ3n) is 3.38. The van der Waals surface area contributed by atoms with Crippen molar-refractivity contribution in [3.63, 3.8) is 0 Å². The molecule has 2 bridgehead atoms. The highest BCUT2D eigenvalue weighted by atomic mass is 32.1. The van der Waals surface area contributed by atoms with E-state index >= 15 is 0 Å². The lowest BCUT2D eigenvalue weighted by Crippen LogP contribution is -2.32. The molecule has 68 valence electrons. The first-order chi connectivity index (χ1) is 6.36. The van der Waals surface area contributed by atoms with Crippen LogP contribution in [0, 0.1) is 5.92 Å². The van der Waals surface area contributed by atoms with Crippen molar-refractivity contribution in [1.29, 1.82) is 0 Å². The zero-order valence-corrected chi connectivity index (χ0v) is 8.27. The fourth-order valence-electron chi connectivity index (χ4n) is 2.70. The smallest absolute Gasteiger partial charge is 0.143 e. The second-order valence-corrected chi connectivity index (χ2v) is 5.09. The molecule has 2 aliphatic carbocycles. The molecular weight excluding hydrogens is 180 g/mol. The molecule has 0 aromatic carbocycles. The molecule has 13 heavy (non-hydrogen) atoms. The summed E-state index contributed by atoms with van der Waals surface area (Å²) in [5, 5.41) is 2.14. The molecule has 2 atom stereocenters. The zero-order chi connectivity index (χ0) is 8.84. The van der Waals surface area contributed by atoms with E-state index in [1.54, 1.807) is 0 Å². The Morgan fingerprint density at radius 3 is 3.23 bits per heavy atom. The molecule has 2 heteroatoms. The van der Waals surface area contributed by atoms with Gasteiger partial charge in [0.05, 0.1) is 0 Å². The van der Waals surface area contributed by atoms with Crippen LogP contribution in [-0.4, -0.2) is 5.78 Å². The van der Waals surface area contributed by atoms with E-state index in [0.717, 1.165) is 19.3 Å². The SMILES string of the molecule is O=C1C2CCCC1c1ccsc1C2. The lowest BCUT2D eigenvalue weighted by atomic mass is 9.71. The fourth-order valence-corrected chi connectivity index (χ4v) is 3.72. The second kappa shape index (κ2) is 2.68. The number of fused-ring (bicyclic) bond motifs is 4. The van der Waals surface area contributed by atoms with E-state index in [2.05, 4.69) is 11.4 Å². The molecule has 0 spiro atoms. The Kier molecular flexibility index (Phi) is 1.59. The quantitative estimate of drug-likeness (QED) is 0.617. The van der Waals surface area contributed by atoms with Crippen LogP contribution >= 0.6 is 11.3 Å². The largest absolute Gasteiger partial charge is 0.299 e. The van der Waals surface area contributed by atoms with E-state index in [4.69, 9.17) is 0 Å². The highest BCUT2D eigenvalue weighted by molar-refractivity contribution is 7.10. The van der Waals surface area contributed by atoms with E-state index < -0.39 is 0 Å². The normalized spacial score (nSPS) is 31.5. The number of hydrogen-bond donors (Lipinski definition) is 0.